The van der Waals surface area contributed by atoms with E-state index in [1.807, 2.05) is 6.07 Å². The zero-order valence-electron chi connectivity index (χ0n) is 12.5. The minimum atomic E-state index is 0.330. The van der Waals surface area contributed by atoms with Gasteiger partial charge in [-0.3, -0.25) is 0 Å². The molecule has 0 saturated carbocycles. The van der Waals surface area contributed by atoms with Crippen LogP contribution >= 0.6 is 15.9 Å². The summed E-state index contributed by atoms with van der Waals surface area (Å²) in [5.41, 5.74) is 1.63. The Labute approximate surface area is 130 Å². The van der Waals surface area contributed by atoms with Gasteiger partial charge in [0.15, 0.2) is 0 Å². The van der Waals surface area contributed by atoms with Crippen LogP contribution in [-0.2, 0) is 4.74 Å². The summed E-state index contributed by atoms with van der Waals surface area (Å²) >= 11 is 3.54. The lowest BCUT2D eigenvalue weighted by atomic mass is 9.82. The standard InChI is InChI=1S/C16H24BrNO2/c1-12(13-4-5-15(19-3)14(17)10-13)18-11-16(2)6-8-20-9-7-16/h4-5,10,12,18H,6-9,11H2,1-3H3. The van der Waals surface area contributed by atoms with Crippen LogP contribution in [0.15, 0.2) is 22.7 Å². The third kappa shape index (κ3) is 3.96. The molecule has 1 aromatic rings. The van der Waals surface area contributed by atoms with Crippen molar-refractivity contribution in [3.63, 3.8) is 0 Å². The van der Waals surface area contributed by atoms with Crippen molar-refractivity contribution in [2.75, 3.05) is 26.9 Å². The van der Waals surface area contributed by atoms with Crippen LogP contribution in [-0.4, -0.2) is 26.9 Å². The van der Waals surface area contributed by atoms with E-state index in [4.69, 9.17) is 9.47 Å². The Morgan fingerprint density at radius 3 is 2.70 bits per heavy atom. The van der Waals surface area contributed by atoms with Gasteiger partial charge in [-0.25, -0.2) is 0 Å². The summed E-state index contributed by atoms with van der Waals surface area (Å²) in [6.45, 7) is 7.36. The van der Waals surface area contributed by atoms with E-state index in [0.29, 0.717) is 11.5 Å². The van der Waals surface area contributed by atoms with Gasteiger partial charge in [-0.2, -0.15) is 0 Å². The number of hydrogen-bond donors (Lipinski definition) is 1. The number of hydrogen-bond acceptors (Lipinski definition) is 3. The van der Waals surface area contributed by atoms with Crippen LogP contribution in [0, 0.1) is 5.41 Å². The van der Waals surface area contributed by atoms with Crippen molar-refractivity contribution in [1.29, 1.82) is 0 Å². The first-order valence-corrected chi connectivity index (χ1v) is 7.98. The Hall–Kier alpha value is -0.580. The van der Waals surface area contributed by atoms with Crippen LogP contribution in [0.25, 0.3) is 0 Å². The minimum absolute atomic E-state index is 0.330. The first kappa shape index (κ1) is 15.8. The molecule has 1 aliphatic rings. The number of halogens is 1. The molecule has 1 atom stereocenters. The Balaban J connectivity index is 1.94. The van der Waals surface area contributed by atoms with Crippen LogP contribution in [0.5, 0.6) is 5.75 Å². The fourth-order valence-electron chi connectivity index (χ4n) is 2.51. The second-order valence-electron chi connectivity index (χ2n) is 5.92. The van der Waals surface area contributed by atoms with E-state index in [0.717, 1.165) is 42.8 Å². The number of ether oxygens (including phenoxy) is 2. The normalized spacial score (nSPS) is 19.6. The second kappa shape index (κ2) is 6.92. The Bertz CT molecular complexity index is 444. The zero-order chi connectivity index (χ0) is 14.6. The average Bonchev–Trinajstić information content (AvgIpc) is 2.45. The average molecular weight is 342 g/mol. The van der Waals surface area contributed by atoms with Crippen LogP contribution in [0.3, 0.4) is 0 Å². The Morgan fingerprint density at radius 2 is 2.10 bits per heavy atom. The topological polar surface area (TPSA) is 30.5 Å². The fourth-order valence-corrected chi connectivity index (χ4v) is 3.07. The SMILES string of the molecule is COc1ccc(C(C)NCC2(C)CCOCC2)cc1Br. The summed E-state index contributed by atoms with van der Waals surface area (Å²) in [4.78, 5) is 0. The molecule has 112 valence electrons. The van der Waals surface area contributed by atoms with Crippen LogP contribution < -0.4 is 10.1 Å². The summed E-state index contributed by atoms with van der Waals surface area (Å²) < 4.78 is 11.7. The molecule has 1 unspecified atom stereocenters. The largest absolute Gasteiger partial charge is 0.496 e. The molecule has 1 heterocycles. The first-order valence-electron chi connectivity index (χ1n) is 7.19. The molecule has 0 spiro atoms. The van der Waals surface area contributed by atoms with Gasteiger partial charge in [0.25, 0.3) is 0 Å². The Morgan fingerprint density at radius 1 is 1.40 bits per heavy atom. The van der Waals surface area contributed by atoms with Crippen molar-refractivity contribution in [1.82, 2.24) is 5.32 Å². The summed E-state index contributed by atoms with van der Waals surface area (Å²) in [6, 6.07) is 6.58. The molecule has 4 heteroatoms. The molecule has 1 aromatic carbocycles. The molecule has 1 aliphatic heterocycles. The molecule has 0 amide bonds. The van der Waals surface area contributed by atoms with E-state index >= 15 is 0 Å². The van der Waals surface area contributed by atoms with Crippen molar-refractivity contribution in [2.24, 2.45) is 5.41 Å². The van der Waals surface area contributed by atoms with E-state index in [1.54, 1.807) is 7.11 Å². The predicted molar refractivity (Wildman–Crippen MR) is 85.3 cm³/mol. The highest BCUT2D eigenvalue weighted by Crippen LogP contribution is 2.31. The van der Waals surface area contributed by atoms with Gasteiger partial charge < -0.3 is 14.8 Å². The molecule has 0 radical (unpaired) electrons. The smallest absolute Gasteiger partial charge is 0.133 e. The highest BCUT2D eigenvalue weighted by Gasteiger charge is 2.27. The van der Waals surface area contributed by atoms with Crippen molar-refractivity contribution < 1.29 is 9.47 Å². The van der Waals surface area contributed by atoms with E-state index in [1.165, 1.54) is 5.56 Å². The number of methoxy groups -OCH3 is 1. The highest BCUT2D eigenvalue weighted by atomic mass is 79.9. The van der Waals surface area contributed by atoms with Crippen molar-refractivity contribution in [2.45, 2.75) is 32.7 Å². The fraction of sp³-hybridized carbons (Fsp3) is 0.625. The third-order valence-electron chi connectivity index (χ3n) is 4.21. The Kier molecular flexibility index (Phi) is 5.47. The molecular formula is C16H24BrNO2. The van der Waals surface area contributed by atoms with Gasteiger partial charge in [0.1, 0.15) is 5.75 Å². The molecule has 0 aromatic heterocycles. The quantitative estimate of drug-likeness (QED) is 0.880. The maximum Gasteiger partial charge on any atom is 0.133 e. The summed E-state index contributed by atoms with van der Waals surface area (Å²) in [7, 11) is 1.69. The zero-order valence-corrected chi connectivity index (χ0v) is 14.1. The number of rotatable bonds is 5. The predicted octanol–water partition coefficient (Wildman–Crippen LogP) is 3.93. The molecule has 20 heavy (non-hydrogen) atoms. The molecule has 1 saturated heterocycles. The molecule has 0 bridgehead atoms. The van der Waals surface area contributed by atoms with Gasteiger partial charge in [-0.1, -0.05) is 13.0 Å². The summed E-state index contributed by atoms with van der Waals surface area (Å²) in [5, 5.41) is 3.66. The van der Waals surface area contributed by atoms with Gasteiger partial charge in [0.2, 0.25) is 0 Å². The van der Waals surface area contributed by atoms with E-state index in [-0.39, 0.29) is 0 Å². The van der Waals surface area contributed by atoms with Crippen molar-refractivity contribution >= 4 is 15.9 Å². The molecular weight excluding hydrogens is 318 g/mol. The first-order chi connectivity index (χ1) is 9.54. The van der Waals surface area contributed by atoms with E-state index < -0.39 is 0 Å². The van der Waals surface area contributed by atoms with Crippen molar-refractivity contribution in [3.05, 3.63) is 28.2 Å². The highest BCUT2D eigenvalue weighted by molar-refractivity contribution is 9.10. The lowest BCUT2D eigenvalue weighted by Crippen LogP contribution is -2.37. The lowest BCUT2D eigenvalue weighted by molar-refractivity contribution is 0.0231. The molecule has 1 N–H and O–H groups in total. The lowest BCUT2D eigenvalue weighted by Gasteiger charge is -2.34. The van der Waals surface area contributed by atoms with Crippen LogP contribution in [0.1, 0.15) is 38.3 Å². The molecule has 1 fully saturated rings. The molecule has 0 aliphatic carbocycles. The van der Waals surface area contributed by atoms with Gasteiger partial charge in [-0.05, 0) is 58.8 Å². The summed E-state index contributed by atoms with van der Waals surface area (Å²) in [5.74, 6) is 0.873. The van der Waals surface area contributed by atoms with Gasteiger partial charge in [-0.15, -0.1) is 0 Å². The number of nitrogens with one attached hydrogen (secondary N) is 1. The van der Waals surface area contributed by atoms with Crippen LogP contribution in [0.2, 0.25) is 0 Å². The van der Waals surface area contributed by atoms with E-state index in [9.17, 15) is 0 Å². The van der Waals surface area contributed by atoms with Gasteiger partial charge in [0.05, 0.1) is 11.6 Å². The van der Waals surface area contributed by atoms with Crippen molar-refractivity contribution in [3.8, 4) is 5.75 Å². The number of benzene rings is 1. The van der Waals surface area contributed by atoms with E-state index in [2.05, 4.69) is 47.2 Å². The minimum Gasteiger partial charge on any atom is -0.496 e. The summed E-state index contributed by atoms with van der Waals surface area (Å²) in [6.07, 6.45) is 2.28. The monoisotopic (exact) mass is 341 g/mol. The maximum atomic E-state index is 5.45. The maximum absolute atomic E-state index is 5.45. The van der Waals surface area contributed by atoms with Crippen LogP contribution in [0.4, 0.5) is 0 Å². The molecule has 2 rings (SSSR count). The van der Waals surface area contributed by atoms with Gasteiger partial charge in [0, 0.05) is 25.8 Å². The molecule has 3 nitrogen and oxygen atoms in total. The third-order valence-corrected chi connectivity index (χ3v) is 4.83. The van der Waals surface area contributed by atoms with Gasteiger partial charge >= 0.3 is 0 Å². The second-order valence-corrected chi connectivity index (χ2v) is 6.77.